The Bertz CT molecular complexity index is 467. The summed E-state index contributed by atoms with van der Waals surface area (Å²) in [4.78, 5) is 14.9. The molecule has 2 rings (SSSR count). The Morgan fingerprint density at radius 3 is 2.85 bits per heavy atom. The zero-order chi connectivity index (χ0) is 9.26. The number of nitrogens with zero attached hydrogens (tertiary/aromatic N) is 1. The van der Waals surface area contributed by atoms with E-state index in [0.29, 0.717) is 10.2 Å². The molecule has 0 aliphatic heterocycles. The summed E-state index contributed by atoms with van der Waals surface area (Å²) in [5, 5.41) is 0.989. The van der Waals surface area contributed by atoms with Crippen molar-refractivity contribution in [2.45, 2.75) is 0 Å². The third-order valence-electron chi connectivity index (χ3n) is 1.84. The minimum absolute atomic E-state index is 0.610. The fourth-order valence-corrected chi connectivity index (χ4v) is 1.63. The molecule has 1 heterocycles. The molecule has 0 amide bonds. The molecule has 0 N–H and O–H groups in total. The van der Waals surface area contributed by atoms with Gasteiger partial charge in [-0.15, -0.1) is 0 Å². The zero-order valence-electron chi connectivity index (χ0n) is 6.73. The summed E-state index contributed by atoms with van der Waals surface area (Å²) in [7, 11) is 0. The third kappa shape index (κ3) is 1.48. The van der Waals surface area contributed by atoms with Crippen molar-refractivity contribution in [2.24, 2.45) is 0 Å². The van der Waals surface area contributed by atoms with Crippen LogP contribution in [0.3, 0.4) is 0 Å². The van der Waals surface area contributed by atoms with E-state index in [1.807, 2.05) is 30.3 Å². The van der Waals surface area contributed by atoms with E-state index in [1.54, 1.807) is 0 Å². The summed E-state index contributed by atoms with van der Waals surface area (Å²) in [6, 6.07) is 9.55. The number of benzene rings is 1. The molecule has 2 nitrogen and oxygen atoms in total. The van der Waals surface area contributed by atoms with Crippen LogP contribution in [0, 0.1) is 0 Å². The number of hydrogen-bond acceptors (Lipinski definition) is 2. The molecule has 0 atom stereocenters. The number of carbonyl (C=O) groups is 1. The van der Waals surface area contributed by atoms with Crippen LogP contribution in [-0.2, 0) is 0 Å². The molecular formula is C10H6NOSe. The van der Waals surface area contributed by atoms with Gasteiger partial charge in [0.2, 0.25) is 0 Å². The van der Waals surface area contributed by atoms with Crippen molar-refractivity contribution in [3.05, 3.63) is 35.9 Å². The number of carbonyl (C=O) groups excluding carboxylic acids is 1. The molecule has 1 radical (unpaired) electrons. The van der Waals surface area contributed by atoms with Crippen molar-refractivity contribution in [3.63, 3.8) is 0 Å². The molecule has 0 saturated carbocycles. The molecule has 0 unspecified atom stereocenters. The maximum atomic E-state index is 10.6. The van der Waals surface area contributed by atoms with E-state index < -0.39 is 0 Å². The first-order valence-electron chi connectivity index (χ1n) is 3.83. The van der Waals surface area contributed by atoms with Crippen LogP contribution in [0.25, 0.3) is 10.9 Å². The van der Waals surface area contributed by atoms with Crippen molar-refractivity contribution in [3.8, 4) is 0 Å². The summed E-state index contributed by atoms with van der Waals surface area (Å²) < 4.78 is 0.661. The van der Waals surface area contributed by atoms with Crippen molar-refractivity contribution in [1.82, 2.24) is 4.98 Å². The number of rotatable bonds is 1. The molecule has 2 aromatic rings. The second-order valence-electron chi connectivity index (χ2n) is 2.69. The van der Waals surface area contributed by atoms with Gasteiger partial charge in [0.1, 0.15) is 0 Å². The van der Waals surface area contributed by atoms with Gasteiger partial charge in [0, 0.05) is 0 Å². The van der Waals surface area contributed by atoms with Gasteiger partial charge in [-0.25, -0.2) is 0 Å². The van der Waals surface area contributed by atoms with E-state index in [2.05, 4.69) is 21.0 Å². The third-order valence-corrected chi connectivity index (χ3v) is 2.53. The normalized spacial score (nSPS) is 10.2. The van der Waals surface area contributed by atoms with Crippen molar-refractivity contribution >= 4 is 37.8 Å². The van der Waals surface area contributed by atoms with E-state index in [-0.39, 0.29) is 0 Å². The summed E-state index contributed by atoms with van der Waals surface area (Å²) in [6.07, 6.45) is 0.811. The first kappa shape index (κ1) is 8.42. The monoisotopic (exact) mass is 236 g/mol. The summed E-state index contributed by atoms with van der Waals surface area (Å²) in [5.74, 6) is 0. The van der Waals surface area contributed by atoms with Crippen LogP contribution in [0.5, 0.6) is 0 Å². The first-order chi connectivity index (χ1) is 6.31. The molecule has 0 aliphatic rings. The van der Waals surface area contributed by atoms with Gasteiger partial charge in [-0.05, 0) is 0 Å². The van der Waals surface area contributed by atoms with Gasteiger partial charge >= 0.3 is 83.5 Å². The topological polar surface area (TPSA) is 30.0 Å². The number of aldehydes is 1. The molecule has 0 bridgehead atoms. The number of pyridine rings is 1. The van der Waals surface area contributed by atoms with Crippen LogP contribution in [0.1, 0.15) is 10.4 Å². The Balaban J connectivity index is 2.81. The van der Waals surface area contributed by atoms with E-state index in [1.165, 1.54) is 0 Å². The second-order valence-corrected chi connectivity index (χ2v) is 3.50. The molecule has 63 valence electrons. The van der Waals surface area contributed by atoms with Crippen LogP contribution in [0.2, 0.25) is 0 Å². The van der Waals surface area contributed by atoms with E-state index in [4.69, 9.17) is 0 Å². The Morgan fingerprint density at radius 1 is 1.31 bits per heavy atom. The Morgan fingerprint density at radius 2 is 2.08 bits per heavy atom. The van der Waals surface area contributed by atoms with Crippen LogP contribution >= 0.6 is 0 Å². The van der Waals surface area contributed by atoms with Gasteiger partial charge in [0.25, 0.3) is 0 Å². The standard InChI is InChI=1S/C10H6NOSe/c12-6-8-5-7-3-1-2-4-9(7)11-10(8)13/h1-6H. The number of hydrogen-bond donors (Lipinski definition) is 0. The molecule has 1 aromatic carbocycles. The van der Waals surface area contributed by atoms with Gasteiger partial charge in [-0.2, -0.15) is 0 Å². The van der Waals surface area contributed by atoms with E-state index in [0.717, 1.165) is 17.2 Å². The van der Waals surface area contributed by atoms with Crippen LogP contribution < -0.4 is 4.59 Å². The quantitative estimate of drug-likeness (QED) is 0.541. The minimum atomic E-state index is 0.610. The van der Waals surface area contributed by atoms with Crippen molar-refractivity contribution in [2.75, 3.05) is 0 Å². The van der Waals surface area contributed by atoms with Crippen LogP contribution in [-0.4, -0.2) is 27.3 Å². The van der Waals surface area contributed by atoms with Gasteiger partial charge in [0.15, 0.2) is 0 Å². The van der Waals surface area contributed by atoms with Gasteiger partial charge in [-0.3, -0.25) is 0 Å². The van der Waals surface area contributed by atoms with Crippen molar-refractivity contribution < 1.29 is 4.79 Å². The molecule has 1 aromatic heterocycles. The molecule has 13 heavy (non-hydrogen) atoms. The van der Waals surface area contributed by atoms with E-state index >= 15 is 0 Å². The zero-order valence-corrected chi connectivity index (χ0v) is 8.44. The fourth-order valence-electron chi connectivity index (χ4n) is 1.20. The van der Waals surface area contributed by atoms with Crippen LogP contribution in [0.15, 0.2) is 30.3 Å². The van der Waals surface area contributed by atoms with Gasteiger partial charge in [-0.1, -0.05) is 0 Å². The Labute approximate surface area is 83.8 Å². The molecule has 3 heteroatoms. The average molecular weight is 235 g/mol. The van der Waals surface area contributed by atoms with Gasteiger partial charge in [0.05, 0.1) is 0 Å². The maximum absolute atomic E-state index is 10.6. The van der Waals surface area contributed by atoms with Gasteiger partial charge < -0.3 is 0 Å². The molecular weight excluding hydrogens is 229 g/mol. The predicted octanol–water partition coefficient (Wildman–Crippen LogP) is 0.841. The molecule has 0 aliphatic carbocycles. The van der Waals surface area contributed by atoms with E-state index in [9.17, 15) is 4.79 Å². The number of aromatic nitrogens is 1. The first-order valence-corrected chi connectivity index (χ1v) is 4.69. The molecule has 0 fully saturated rings. The molecule has 0 saturated heterocycles. The number of fused-ring (bicyclic) bond motifs is 1. The van der Waals surface area contributed by atoms with Crippen LogP contribution in [0.4, 0.5) is 0 Å². The fraction of sp³-hybridized carbons (Fsp3) is 0. The summed E-state index contributed by atoms with van der Waals surface area (Å²) in [5.41, 5.74) is 1.51. The Kier molecular flexibility index (Phi) is 2.13. The summed E-state index contributed by atoms with van der Waals surface area (Å²) >= 11 is 2.77. The van der Waals surface area contributed by atoms with Crippen molar-refractivity contribution in [1.29, 1.82) is 0 Å². The number of para-hydroxylation sites is 1. The molecule has 0 spiro atoms. The summed E-state index contributed by atoms with van der Waals surface area (Å²) in [6.45, 7) is 0. The second kappa shape index (κ2) is 3.29. The SMILES string of the molecule is O=Cc1cc2ccccc2nc1[Se]. The average Bonchev–Trinajstić information content (AvgIpc) is 2.17. The Hall–Kier alpha value is -1.18. The predicted molar refractivity (Wildman–Crippen MR) is 52.5 cm³/mol.